The first-order valence-corrected chi connectivity index (χ1v) is 22.1. The number of aromatic nitrogens is 9. The number of rotatable bonds is 20. The van der Waals surface area contributed by atoms with E-state index < -0.39 is 23.6 Å². The summed E-state index contributed by atoms with van der Waals surface area (Å²) in [5.74, 6) is -1.00. The summed E-state index contributed by atoms with van der Waals surface area (Å²) in [5, 5.41) is 8.04. The van der Waals surface area contributed by atoms with E-state index >= 15 is 0 Å². The third-order valence-electron chi connectivity index (χ3n) is 11.5. The summed E-state index contributed by atoms with van der Waals surface area (Å²) in [6.45, 7) is 8.63. The molecule has 7 aromatic rings. The number of methoxy groups -OCH3 is 1. The lowest BCUT2D eigenvalue weighted by Gasteiger charge is -2.19. The Balaban J connectivity index is 1.13. The number of primary amides is 1. The molecule has 69 heavy (non-hydrogen) atoms. The molecule has 1 aromatic carbocycles. The molecule has 22 heteroatoms. The Morgan fingerprint density at radius 3 is 2.39 bits per heavy atom. The van der Waals surface area contributed by atoms with E-state index in [1.165, 1.54) is 36.3 Å². The van der Waals surface area contributed by atoms with Crippen LogP contribution in [0.5, 0.6) is 11.5 Å². The maximum absolute atomic E-state index is 13.8. The fourth-order valence-electron chi connectivity index (χ4n) is 8.14. The Bertz CT molecular complexity index is 3250. The number of ether oxygens (including phenoxy) is 2. The van der Waals surface area contributed by atoms with Gasteiger partial charge in [0.1, 0.15) is 45.1 Å². The van der Waals surface area contributed by atoms with Crippen LogP contribution in [0, 0.1) is 13.8 Å². The highest BCUT2D eigenvalue weighted by Gasteiger charge is 2.26. The van der Waals surface area contributed by atoms with Gasteiger partial charge in [0.15, 0.2) is 18.0 Å². The topological polar surface area (TPSA) is 271 Å². The van der Waals surface area contributed by atoms with Gasteiger partial charge in [0.2, 0.25) is 23.5 Å². The summed E-state index contributed by atoms with van der Waals surface area (Å²) in [7, 11) is 3.12. The quantitative estimate of drug-likeness (QED) is 0.0465. The van der Waals surface area contributed by atoms with Crippen LogP contribution >= 0.6 is 0 Å². The number of fused-ring (bicyclic) bond motifs is 4. The van der Waals surface area contributed by atoms with Gasteiger partial charge < -0.3 is 33.7 Å². The molecule has 1 aliphatic heterocycles. The first-order valence-electron chi connectivity index (χ1n) is 22.1. The molecule has 7 heterocycles. The van der Waals surface area contributed by atoms with Gasteiger partial charge in [-0.2, -0.15) is 5.10 Å². The maximum atomic E-state index is 13.8. The van der Waals surface area contributed by atoms with Crippen molar-refractivity contribution in [3.05, 3.63) is 89.1 Å². The normalized spacial score (nSPS) is 12.6. The van der Waals surface area contributed by atoms with E-state index in [9.17, 15) is 28.8 Å². The average Bonchev–Trinajstić information content (AvgIpc) is 4.16. The summed E-state index contributed by atoms with van der Waals surface area (Å²) in [4.78, 5) is 101. The molecule has 22 nitrogen and oxygen atoms in total. The van der Waals surface area contributed by atoms with Gasteiger partial charge in [-0.05, 0) is 44.9 Å². The number of anilines is 1. The van der Waals surface area contributed by atoms with E-state index in [0.717, 1.165) is 16.3 Å². The summed E-state index contributed by atoms with van der Waals surface area (Å²) in [6, 6.07) is 6.47. The number of aryl methyl sites for hydroxylation is 4. The molecule has 0 saturated carbocycles. The van der Waals surface area contributed by atoms with Gasteiger partial charge in [0, 0.05) is 83.1 Å². The van der Waals surface area contributed by atoms with E-state index in [1.54, 1.807) is 30.8 Å². The number of carbonyl (C=O) groups is 6. The number of aldehydes is 1. The van der Waals surface area contributed by atoms with Crippen LogP contribution in [0.2, 0.25) is 0 Å². The Morgan fingerprint density at radius 1 is 0.942 bits per heavy atom. The van der Waals surface area contributed by atoms with Crippen LogP contribution in [0.25, 0.3) is 44.6 Å². The SMILES string of the molecule is CCc1nc(C)oc1C(=O)Nc1nc2cc(C(N)=O)cc(OCCCN(C)C(=O)CCN3C(=O)C=CC3=O)c2n1C/C=C/Cn1c2nc(-c3cc(C)nn3CC)ncc2c2nc(C=O)cc(OC)c21. The molecule has 0 bridgehead atoms. The molecule has 3 N–H and O–H groups in total. The van der Waals surface area contributed by atoms with Crippen LogP contribution in [0.1, 0.15) is 75.4 Å². The number of allylic oxidation sites excluding steroid dienone is 2. The highest BCUT2D eigenvalue weighted by Crippen LogP contribution is 2.35. The largest absolute Gasteiger partial charge is 0.494 e. The maximum Gasteiger partial charge on any atom is 0.295 e. The van der Waals surface area contributed by atoms with Crippen molar-refractivity contribution in [2.75, 3.05) is 39.2 Å². The molecular formula is C47H49N13O9. The third kappa shape index (κ3) is 9.40. The van der Waals surface area contributed by atoms with Crippen molar-refractivity contribution in [3.63, 3.8) is 0 Å². The summed E-state index contributed by atoms with van der Waals surface area (Å²) in [5.41, 5.74) is 10.4. The second-order valence-corrected chi connectivity index (χ2v) is 16.1. The number of imide groups is 1. The van der Waals surface area contributed by atoms with Gasteiger partial charge in [-0.3, -0.25) is 43.7 Å². The zero-order valence-corrected chi connectivity index (χ0v) is 38.8. The predicted molar refractivity (Wildman–Crippen MR) is 251 cm³/mol. The van der Waals surface area contributed by atoms with Crippen LogP contribution in [0.4, 0.5) is 5.95 Å². The molecule has 1 aliphatic rings. The van der Waals surface area contributed by atoms with Gasteiger partial charge in [0.05, 0.1) is 36.0 Å². The van der Waals surface area contributed by atoms with Gasteiger partial charge in [-0.25, -0.2) is 24.9 Å². The summed E-state index contributed by atoms with van der Waals surface area (Å²) >= 11 is 0. The Morgan fingerprint density at radius 2 is 1.70 bits per heavy atom. The number of oxazole rings is 1. The van der Waals surface area contributed by atoms with Gasteiger partial charge in [-0.1, -0.05) is 19.1 Å². The van der Waals surface area contributed by atoms with Crippen molar-refractivity contribution in [3.8, 4) is 23.0 Å². The minimum Gasteiger partial charge on any atom is -0.494 e. The standard InChI is InChI=1S/C47H49N13O9/c1-7-31-42(69-27(4)50-31)46(66)54-47-52-32-21-28(43(48)65)22-35(68-19-11-15-56(5)36(62)14-18-57-37(63)12-13-38(57)64)40(32)59(47)17-10-9-16-58-41-34(67-6)23-29(25-61)51-39(41)30-24-49-44(53-45(30)58)33-20-26(3)55-60(33)8-2/h9-10,12-13,20-25H,7-8,11,14-19H2,1-6H3,(H2,48,65)(H,52,54,66)/b10-9+. The highest BCUT2D eigenvalue weighted by atomic mass is 16.5. The van der Waals surface area contributed by atoms with Crippen LogP contribution in [0.15, 0.2) is 59.2 Å². The highest BCUT2D eigenvalue weighted by molar-refractivity contribution is 6.13. The lowest BCUT2D eigenvalue weighted by atomic mass is 10.1. The van der Waals surface area contributed by atoms with Gasteiger partial charge in [0.25, 0.3) is 17.7 Å². The monoisotopic (exact) mass is 939 g/mol. The molecule has 356 valence electrons. The Labute approximate surface area is 393 Å². The summed E-state index contributed by atoms with van der Waals surface area (Å²) in [6.07, 6.45) is 9.14. The number of pyridine rings is 1. The number of nitrogens with one attached hydrogen (secondary N) is 1. The van der Waals surface area contributed by atoms with Gasteiger partial charge >= 0.3 is 0 Å². The van der Waals surface area contributed by atoms with E-state index in [-0.39, 0.29) is 79.3 Å². The van der Waals surface area contributed by atoms with Crippen molar-refractivity contribution in [1.29, 1.82) is 0 Å². The molecule has 0 fully saturated rings. The minimum atomic E-state index is -0.736. The number of imidazole rings is 1. The van der Waals surface area contributed by atoms with E-state index in [2.05, 4.69) is 25.4 Å². The van der Waals surface area contributed by atoms with Crippen LogP contribution < -0.4 is 20.5 Å². The lowest BCUT2D eigenvalue weighted by Crippen LogP contribution is -2.36. The van der Waals surface area contributed by atoms with E-state index in [0.29, 0.717) is 76.4 Å². The number of carbonyl (C=O) groups excluding carboxylic acids is 6. The molecule has 0 aliphatic carbocycles. The van der Waals surface area contributed by atoms with Crippen molar-refractivity contribution < 1.29 is 42.7 Å². The molecular weight excluding hydrogens is 891 g/mol. The molecule has 0 spiro atoms. The van der Waals surface area contributed by atoms with Crippen molar-refractivity contribution in [2.24, 2.45) is 5.73 Å². The van der Waals surface area contributed by atoms with Crippen LogP contribution in [-0.2, 0) is 40.4 Å². The molecule has 0 saturated heterocycles. The zero-order chi connectivity index (χ0) is 49.1. The average molecular weight is 940 g/mol. The molecule has 8 rings (SSSR count). The smallest absolute Gasteiger partial charge is 0.295 e. The molecule has 0 atom stereocenters. The predicted octanol–water partition coefficient (Wildman–Crippen LogP) is 4.35. The van der Waals surface area contributed by atoms with E-state index in [1.807, 2.05) is 48.2 Å². The number of nitrogens with two attached hydrogens (primary N) is 1. The number of amides is 5. The number of benzene rings is 1. The van der Waals surface area contributed by atoms with Crippen LogP contribution in [0.3, 0.4) is 0 Å². The lowest BCUT2D eigenvalue weighted by molar-refractivity contribution is -0.138. The van der Waals surface area contributed by atoms with Crippen molar-refractivity contribution in [2.45, 2.75) is 66.6 Å². The first kappa shape index (κ1) is 47.0. The third-order valence-corrected chi connectivity index (χ3v) is 11.5. The zero-order valence-electron chi connectivity index (χ0n) is 38.8. The minimum absolute atomic E-state index is 0.0255. The van der Waals surface area contributed by atoms with Crippen molar-refractivity contribution in [1.82, 2.24) is 53.6 Å². The number of nitrogens with zero attached hydrogens (tertiary/aromatic N) is 11. The summed E-state index contributed by atoms with van der Waals surface area (Å²) < 4.78 is 23.3. The fourth-order valence-corrected chi connectivity index (χ4v) is 8.14. The molecule has 0 radical (unpaired) electrons. The molecule has 5 amide bonds. The molecule has 6 aromatic heterocycles. The fraction of sp³-hybridized carbons (Fsp3) is 0.319. The Kier molecular flexibility index (Phi) is 13.4. The second kappa shape index (κ2) is 19.7. The first-order chi connectivity index (χ1) is 33.2. The van der Waals surface area contributed by atoms with Gasteiger partial charge in [-0.15, -0.1) is 0 Å². The van der Waals surface area contributed by atoms with Crippen molar-refractivity contribution >= 4 is 74.9 Å². The second-order valence-electron chi connectivity index (χ2n) is 16.1. The number of hydrogen-bond acceptors (Lipinski definition) is 15. The van der Waals surface area contributed by atoms with E-state index in [4.69, 9.17) is 29.6 Å². The molecule has 0 unspecified atom stereocenters. The Hall–Kier alpha value is -8.56. The van der Waals surface area contributed by atoms with Crippen LogP contribution in [-0.4, -0.2) is 123 Å². The number of hydrogen-bond donors (Lipinski definition) is 2.